The van der Waals surface area contributed by atoms with Crippen molar-refractivity contribution in [3.05, 3.63) is 91.0 Å². The SMILES string of the molecule is CCC(C)(C)[Si](Oc1ccccc1)(Oc1ccccc1)Oc1ccccc1. The van der Waals surface area contributed by atoms with Crippen LogP contribution in [0, 0.1) is 0 Å². The molecule has 0 aliphatic rings. The smallest absolute Gasteiger partial charge is 0.483 e. The fourth-order valence-electron chi connectivity index (χ4n) is 2.62. The van der Waals surface area contributed by atoms with Crippen LogP contribution in [0.1, 0.15) is 27.2 Å². The van der Waals surface area contributed by atoms with Crippen LogP contribution in [0.15, 0.2) is 91.0 Å². The van der Waals surface area contributed by atoms with E-state index in [0.29, 0.717) is 0 Å². The van der Waals surface area contributed by atoms with Crippen molar-refractivity contribution < 1.29 is 13.3 Å². The Kier molecular flexibility index (Phi) is 5.87. The second-order valence-electron chi connectivity index (χ2n) is 7.04. The summed E-state index contributed by atoms with van der Waals surface area (Å²) >= 11 is 0. The van der Waals surface area contributed by atoms with Crippen LogP contribution in [0.25, 0.3) is 0 Å². The predicted octanol–water partition coefficient (Wildman–Crippen LogP) is 6.35. The molecule has 0 spiro atoms. The Balaban J connectivity index is 2.07. The third-order valence-electron chi connectivity index (χ3n) is 4.70. The Bertz CT molecular complexity index is 719. The Labute approximate surface area is 162 Å². The number of rotatable bonds is 8. The van der Waals surface area contributed by atoms with Crippen LogP contribution in [0.5, 0.6) is 17.2 Å². The molecule has 0 heterocycles. The molecule has 27 heavy (non-hydrogen) atoms. The van der Waals surface area contributed by atoms with Crippen LogP contribution >= 0.6 is 0 Å². The fourth-order valence-corrected chi connectivity index (χ4v) is 5.35. The molecular formula is C23H26O3Si. The highest BCUT2D eigenvalue weighted by molar-refractivity contribution is 6.66. The van der Waals surface area contributed by atoms with Gasteiger partial charge in [0, 0.05) is 0 Å². The molecule has 4 heteroatoms. The summed E-state index contributed by atoms with van der Waals surface area (Å²) in [5, 5.41) is -0.311. The number of hydrogen-bond acceptors (Lipinski definition) is 3. The van der Waals surface area contributed by atoms with E-state index in [4.69, 9.17) is 13.3 Å². The maximum atomic E-state index is 6.56. The summed E-state index contributed by atoms with van der Waals surface area (Å²) in [6, 6.07) is 29.3. The van der Waals surface area contributed by atoms with Crippen LogP contribution < -0.4 is 13.3 Å². The van der Waals surface area contributed by atoms with E-state index in [-0.39, 0.29) is 5.04 Å². The molecule has 3 aromatic rings. The third-order valence-corrected chi connectivity index (χ3v) is 8.22. The van der Waals surface area contributed by atoms with E-state index in [1.807, 2.05) is 91.0 Å². The first-order chi connectivity index (χ1) is 13.0. The summed E-state index contributed by atoms with van der Waals surface area (Å²) in [6.45, 7) is 6.43. The second kappa shape index (κ2) is 8.31. The topological polar surface area (TPSA) is 27.7 Å². The Morgan fingerprint density at radius 1 is 0.593 bits per heavy atom. The molecule has 0 bridgehead atoms. The second-order valence-corrected chi connectivity index (χ2v) is 10.1. The molecule has 140 valence electrons. The van der Waals surface area contributed by atoms with Gasteiger partial charge in [-0.1, -0.05) is 75.4 Å². The van der Waals surface area contributed by atoms with Crippen molar-refractivity contribution >= 4 is 8.80 Å². The first kappa shape index (κ1) is 19.0. The van der Waals surface area contributed by atoms with Gasteiger partial charge in [-0.3, -0.25) is 0 Å². The molecular weight excluding hydrogens is 352 g/mol. The van der Waals surface area contributed by atoms with Gasteiger partial charge in [-0.25, -0.2) is 0 Å². The highest BCUT2D eigenvalue weighted by Crippen LogP contribution is 2.43. The Morgan fingerprint density at radius 2 is 0.889 bits per heavy atom. The molecule has 3 nitrogen and oxygen atoms in total. The van der Waals surface area contributed by atoms with Crippen molar-refractivity contribution in [2.24, 2.45) is 0 Å². The van der Waals surface area contributed by atoms with Gasteiger partial charge in [0.05, 0.1) is 5.04 Å². The monoisotopic (exact) mass is 378 g/mol. The zero-order valence-corrected chi connectivity index (χ0v) is 17.1. The van der Waals surface area contributed by atoms with E-state index in [9.17, 15) is 0 Å². The van der Waals surface area contributed by atoms with Gasteiger partial charge in [0.2, 0.25) is 0 Å². The Hall–Kier alpha value is -2.72. The van der Waals surface area contributed by atoms with Crippen molar-refractivity contribution in [3.8, 4) is 17.2 Å². The maximum absolute atomic E-state index is 6.56. The molecule has 0 saturated heterocycles. The van der Waals surface area contributed by atoms with Crippen LogP contribution in [-0.4, -0.2) is 8.80 Å². The van der Waals surface area contributed by atoms with E-state index in [1.54, 1.807) is 0 Å². The standard InChI is InChI=1S/C23H26O3Si/c1-4-23(2,3)27(24-20-14-8-5-9-15-20,25-21-16-10-6-11-17-21)26-22-18-12-7-13-19-22/h5-19H,4H2,1-3H3. The Morgan fingerprint density at radius 3 is 1.15 bits per heavy atom. The van der Waals surface area contributed by atoms with Crippen LogP contribution in [-0.2, 0) is 0 Å². The van der Waals surface area contributed by atoms with Gasteiger partial charge in [-0.2, -0.15) is 0 Å². The highest BCUT2D eigenvalue weighted by Gasteiger charge is 2.62. The van der Waals surface area contributed by atoms with Crippen molar-refractivity contribution in [3.63, 3.8) is 0 Å². The lowest BCUT2D eigenvalue weighted by Crippen LogP contribution is -2.62. The summed E-state index contributed by atoms with van der Waals surface area (Å²) in [6.07, 6.45) is 0.853. The molecule has 0 saturated carbocycles. The first-order valence-electron chi connectivity index (χ1n) is 9.27. The molecule has 0 unspecified atom stereocenters. The lowest BCUT2D eigenvalue weighted by atomic mass is 10.1. The number of hydrogen-bond donors (Lipinski definition) is 0. The number of benzene rings is 3. The molecule has 0 aliphatic heterocycles. The average Bonchev–Trinajstić information content (AvgIpc) is 2.70. The predicted molar refractivity (Wildman–Crippen MR) is 111 cm³/mol. The van der Waals surface area contributed by atoms with Gasteiger partial charge < -0.3 is 13.3 Å². The van der Waals surface area contributed by atoms with Gasteiger partial charge >= 0.3 is 8.80 Å². The average molecular weight is 379 g/mol. The zero-order valence-electron chi connectivity index (χ0n) is 16.1. The van der Waals surface area contributed by atoms with Crippen LogP contribution in [0.3, 0.4) is 0 Å². The number of para-hydroxylation sites is 3. The molecule has 3 rings (SSSR count). The summed E-state index contributed by atoms with van der Waals surface area (Å²) in [5.74, 6) is 2.24. The van der Waals surface area contributed by atoms with Crippen LogP contribution in [0.2, 0.25) is 5.04 Å². The van der Waals surface area contributed by atoms with Crippen molar-refractivity contribution in [1.82, 2.24) is 0 Å². The summed E-state index contributed by atoms with van der Waals surface area (Å²) in [5.41, 5.74) is 0. The molecule has 0 radical (unpaired) electrons. The fraction of sp³-hybridized carbons (Fsp3) is 0.217. The van der Waals surface area contributed by atoms with Gasteiger partial charge in [-0.05, 0) is 42.8 Å². The van der Waals surface area contributed by atoms with Crippen molar-refractivity contribution in [2.75, 3.05) is 0 Å². The van der Waals surface area contributed by atoms with Gasteiger partial charge in [0.1, 0.15) is 17.2 Å². The molecule has 0 aliphatic carbocycles. The normalized spacial score (nSPS) is 11.7. The summed E-state index contributed by atoms with van der Waals surface area (Å²) in [4.78, 5) is 0. The van der Waals surface area contributed by atoms with E-state index in [0.717, 1.165) is 23.7 Å². The van der Waals surface area contributed by atoms with Gasteiger partial charge in [-0.15, -0.1) is 0 Å². The van der Waals surface area contributed by atoms with Gasteiger partial charge in [0.15, 0.2) is 0 Å². The molecule has 0 atom stereocenters. The zero-order chi connectivity index (χ0) is 19.2. The van der Waals surface area contributed by atoms with Crippen molar-refractivity contribution in [2.45, 2.75) is 32.2 Å². The maximum Gasteiger partial charge on any atom is 0.705 e. The molecule has 0 amide bonds. The van der Waals surface area contributed by atoms with E-state index < -0.39 is 8.80 Å². The quantitative estimate of drug-likeness (QED) is 0.427. The lowest BCUT2D eigenvalue weighted by molar-refractivity contribution is 0.216. The minimum Gasteiger partial charge on any atom is -0.483 e. The molecule has 0 aromatic heterocycles. The largest absolute Gasteiger partial charge is 0.705 e. The molecule has 0 N–H and O–H groups in total. The van der Waals surface area contributed by atoms with E-state index in [2.05, 4.69) is 20.8 Å². The lowest BCUT2D eigenvalue weighted by Gasteiger charge is -2.40. The summed E-state index contributed by atoms with van der Waals surface area (Å²) < 4.78 is 19.7. The molecule has 3 aromatic carbocycles. The van der Waals surface area contributed by atoms with Crippen molar-refractivity contribution in [1.29, 1.82) is 0 Å². The first-order valence-corrected chi connectivity index (χ1v) is 11.0. The minimum absolute atomic E-state index is 0.311. The van der Waals surface area contributed by atoms with E-state index >= 15 is 0 Å². The van der Waals surface area contributed by atoms with Gasteiger partial charge in [0.25, 0.3) is 0 Å². The highest BCUT2D eigenvalue weighted by atomic mass is 28.4. The third kappa shape index (κ3) is 4.52. The minimum atomic E-state index is -3.25. The summed E-state index contributed by atoms with van der Waals surface area (Å²) in [7, 11) is -3.25. The van der Waals surface area contributed by atoms with E-state index in [1.165, 1.54) is 0 Å². The molecule has 0 fully saturated rings. The van der Waals surface area contributed by atoms with Crippen LogP contribution in [0.4, 0.5) is 0 Å².